The molecule has 0 aliphatic rings. The molecular formula is C18H20BrNO4. The molecule has 0 heterocycles. The van der Waals surface area contributed by atoms with Crippen LogP contribution in [0, 0.1) is 0 Å². The third-order valence-electron chi connectivity index (χ3n) is 3.66. The van der Waals surface area contributed by atoms with Gasteiger partial charge in [0.15, 0.2) is 0 Å². The zero-order valence-corrected chi connectivity index (χ0v) is 14.9. The lowest BCUT2D eigenvalue weighted by atomic mass is 9.92. The topological polar surface area (TPSA) is 78.8 Å². The van der Waals surface area contributed by atoms with Gasteiger partial charge in [-0.25, -0.2) is 0 Å². The predicted octanol–water partition coefficient (Wildman–Crippen LogP) is 2.92. The number of benzene rings is 2. The average molecular weight is 394 g/mol. The van der Waals surface area contributed by atoms with E-state index in [-0.39, 0.29) is 18.9 Å². The molecule has 2 atom stereocenters. The monoisotopic (exact) mass is 393 g/mol. The van der Waals surface area contributed by atoms with Gasteiger partial charge in [0.05, 0.1) is 30.2 Å². The first kappa shape index (κ1) is 18.4. The summed E-state index contributed by atoms with van der Waals surface area (Å²) in [4.78, 5) is 12.7. The van der Waals surface area contributed by atoms with Crippen LogP contribution >= 0.6 is 15.9 Å². The van der Waals surface area contributed by atoms with Gasteiger partial charge in [-0.1, -0.05) is 30.3 Å². The third kappa shape index (κ3) is 4.80. The second-order valence-corrected chi connectivity index (χ2v) is 6.23. The molecule has 0 bridgehead atoms. The van der Waals surface area contributed by atoms with E-state index in [2.05, 4.69) is 21.2 Å². The Labute approximate surface area is 149 Å². The summed E-state index contributed by atoms with van der Waals surface area (Å²) in [5, 5.41) is 21.7. The van der Waals surface area contributed by atoms with Crippen LogP contribution in [0.2, 0.25) is 0 Å². The number of anilines is 1. The van der Waals surface area contributed by atoms with E-state index in [4.69, 9.17) is 9.84 Å². The van der Waals surface area contributed by atoms with Crippen LogP contribution in [0.15, 0.2) is 53.0 Å². The quantitative estimate of drug-likeness (QED) is 0.675. The summed E-state index contributed by atoms with van der Waals surface area (Å²) in [5.41, 5.74) is 1.38. The minimum Gasteiger partial charge on any atom is -0.495 e. The van der Waals surface area contributed by atoms with E-state index in [0.717, 1.165) is 10.0 Å². The van der Waals surface area contributed by atoms with Gasteiger partial charge in [-0.2, -0.15) is 0 Å². The van der Waals surface area contributed by atoms with E-state index in [1.165, 1.54) is 0 Å². The molecule has 3 N–H and O–H groups in total. The van der Waals surface area contributed by atoms with Gasteiger partial charge >= 0.3 is 0 Å². The van der Waals surface area contributed by atoms with E-state index >= 15 is 0 Å². The lowest BCUT2D eigenvalue weighted by Gasteiger charge is -2.20. The Balaban J connectivity index is 2.21. The normalized spacial score (nSPS) is 13.2. The minimum atomic E-state index is -0.958. The van der Waals surface area contributed by atoms with Crippen LogP contribution in [-0.4, -0.2) is 35.9 Å². The SMILES string of the molecule is COc1cc(NC(=O)[C@@H](C[C@@H](O)CO)c2ccccc2)ccc1Br. The highest BCUT2D eigenvalue weighted by atomic mass is 79.9. The molecule has 5 nitrogen and oxygen atoms in total. The Hall–Kier alpha value is -1.89. The van der Waals surface area contributed by atoms with Crippen molar-refractivity contribution in [1.82, 2.24) is 0 Å². The first-order valence-electron chi connectivity index (χ1n) is 7.53. The second-order valence-electron chi connectivity index (χ2n) is 5.37. The number of amides is 1. The van der Waals surface area contributed by atoms with Crippen molar-refractivity contribution in [3.63, 3.8) is 0 Å². The number of carbonyl (C=O) groups is 1. The number of hydrogen-bond acceptors (Lipinski definition) is 4. The van der Waals surface area contributed by atoms with E-state index in [9.17, 15) is 9.90 Å². The van der Waals surface area contributed by atoms with Crippen LogP contribution in [-0.2, 0) is 4.79 Å². The summed E-state index contributed by atoms with van der Waals surface area (Å²) in [5.74, 6) is -0.208. The Morgan fingerprint density at radius 3 is 2.58 bits per heavy atom. The third-order valence-corrected chi connectivity index (χ3v) is 4.31. The molecule has 2 aromatic rings. The van der Waals surface area contributed by atoms with Crippen molar-refractivity contribution in [2.75, 3.05) is 19.0 Å². The molecule has 0 unspecified atom stereocenters. The summed E-state index contributed by atoms with van der Waals surface area (Å²) in [6, 6.07) is 14.5. The summed E-state index contributed by atoms with van der Waals surface area (Å²) in [7, 11) is 1.55. The van der Waals surface area contributed by atoms with E-state index in [1.54, 1.807) is 25.3 Å². The Morgan fingerprint density at radius 1 is 1.25 bits per heavy atom. The van der Waals surface area contributed by atoms with Gasteiger partial charge in [-0.05, 0) is 40.0 Å². The molecule has 0 fully saturated rings. The summed E-state index contributed by atoms with van der Waals surface area (Å²) in [6.45, 7) is -0.386. The largest absolute Gasteiger partial charge is 0.495 e. The molecule has 0 saturated heterocycles. The van der Waals surface area contributed by atoms with Gasteiger partial charge < -0.3 is 20.3 Å². The van der Waals surface area contributed by atoms with Gasteiger partial charge in [0.2, 0.25) is 5.91 Å². The number of methoxy groups -OCH3 is 1. The van der Waals surface area contributed by atoms with Crippen molar-refractivity contribution >= 4 is 27.5 Å². The van der Waals surface area contributed by atoms with Gasteiger partial charge in [0, 0.05) is 11.8 Å². The minimum absolute atomic E-state index is 0.139. The average Bonchev–Trinajstić information content (AvgIpc) is 2.61. The molecule has 0 aromatic heterocycles. The number of hydrogen-bond donors (Lipinski definition) is 3. The number of aliphatic hydroxyl groups is 2. The molecule has 2 aromatic carbocycles. The highest BCUT2D eigenvalue weighted by molar-refractivity contribution is 9.10. The lowest BCUT2D eigenvalue weighted by Crippen LogP contribution is -2.26. The fraction of sp³-hybridized carbons (Fsp3) is 0.278. The summed E-state index contributed by atoms with van der Waals surface area (Å²) < 4.78 is 6.01. The molecule has 0 aliphatic carbocycles. The molecule has 0 spiro atoms. The maximum absolute atomic E-state index is 12.7. The first-order chi connectivity index (χ1) is 11.5. The predicted molar refractivity (Wildman–Crippen MR) is 96.2 cm³/mol. The fourth-order valence-electron chi connectivity index (χ4n) is 2.39. The van der Waals surface area contributed by atoms with Gasteiger partial charge in [-0.3, -0.25) is 4.79 Å². The van der Waals surface area contributed by atoms with Crippen LogP contribution < -0.4 is 10.1 Å². The smallest absolute Gasteiger partial charge is 0.232 e. The van der Waals surface area contributed by atoms with Crippen LogP contribution in [0.5, 0.6) is 5.75 Å². The van der Waals surface area contributed by atoms with Crippen LogP contribution in [0.4, 0.5) is 5.69 Å². The summed E-state index contributed by atoms with van der Waals surface area (Å²) >= 11 is 3.37. The van der Waals surface area contributed by atoms with Crippen molar-refractivity contribution in [2.24, 2.45) is 0 Å². The zero-order valence-electron chi connectivity index (χ0n) is 13.3. The van der Waals surface area contributed by atoms with Gasteiger partial charge in [-0.15, -0.1) is 0 Å². The number of nitrogens with one attached hydrogen (secondary N) is 1. The van der Waals surface area contributed by atoms with E-state index in [0.29, 0.717) is 11.4 Å². The highest BCUT2D eigenvalue weighted by Gasteiger charge is 2.24. The maximum Gasteiger partial charge on any atom is 0.232 e. The number of carbonyl (C=O) groups excluding carboxylic acids is 1. The molecule has 0 radical (unpaired) electrons. The van der Waals surface area contributed by atoms with Crippen molar-refractivity contribution in [1.29, 1.82) is 0 Å². The van der Waals surface area contributed by atoms with Crippen molar-refractivity contribution in [3.05, 3.63) is 58.6 Å². The number of aliphatic hydroxyl groups excluding tert-OH is 2. The Kier molecular flexibility index (Phi) is 6.78. The van der Waals surface area contributed by atoms with Crippen molar-refractivity contribution in [3.8, 4) is 5.75 Å². The zero-order chi connectivity index (χ0) is 17.5. The van der Waals surface area contributed by atoms with Crippen LogP contribution in [0.3, 0.4) is 0 Å². The number of ether oxygens (including phenoxy) is 1. The van der Waals surface area contributed by atoms with E-state index < -0.39 is 12.0 Å². The second kappa shape index (κ2) is 8.82. The number of rotatable bonds is 7. The maximum atomic E-state index is 12.7. The molecule has 6 heteroatoms. The molecule has 0 saturated carbocycles. The van der Waals surface area contributed by atoms with Crippen LogP contribution in [0.25, 0.3) is 0 Å². The van der Waals surface area contributed by atoms with Crippen molar-refractivity contribution < 1.29 is 19.7 Å². The Morgan fingerprint density at radius 2 is 1.96 bits per heavy atom. The van der Waals surface area contributed by atoms with Gasteiger partial charge in [0.25, 0.3) is 0 Å². The van der Waals surface area contributed by atoms with E-state index in [1.807, 2.05) is 30.3 Å². The van der Waals surface area contributed by atoms with Crippen molar-refractivity contribution in [2.45, 2.75) is 18.4 Å². The molecule has 24 heavy (non-hydrogen) atoms. The number of halogens is 1. The molecule has 1 amide bonds. The lowest BCUT2D eigenvalue weighted by molar-refractivity contribution is -0.118. The van der Waals surface area contributed by atoms with Crippen LogP contribution in [0.1, 0.15) is 17.9 Å². The standard InChI is InChI=1S/C18H20BrNO4/c1-24-17-9-13(7-8-16(17)19)20-18(23)15(10-14(22)11-21)12-5-3-2-4-6-12/h2-9,14-15,21-22H,10-11H2,1H3,(H,20,23)/t14-,15+/m1/s1. The Bertz CT molecular complexity index is 678. The molecule has 128 valence electrons. The summed E-state index contributed by atoms with van der Waals surface area (Å²) in [6.07, 6.45) is -0.819. The molecular weight excluding hydrogens is 374 g/mol. The van der Waals surface area contributed by atoms with Gasteiger partial charge in [0.1, 0.15) is 5.75 Å². The fourth-order valence-corrected chi connectivity index (χ4v) is 2.80. The first-order valence-corrected chi connectivity index (χ1v) is 8.32. The molecule has 0 aliphatic heterocycles. The highest BCUT2D eigenvalue weighted by Crippen LogP contribution is 2.29. The molecule has 2 rings (SSSR count).